The Hall–Kier alpha value is -0.0800. The number of nitrogens with zero attached hydrogens (tertiary/aromatic N) is 1. The van der Waals surface area contributed by atoms with E-state index in [1.165, 1.54) is 45.2 Å². The molecule has 1 N–H and O–H groups in total. The summed E-state index contributed by atoms with van der Waals surface area (Å²) in [5, 5.41) is 3.80. The van der Waals surface area contributed by atoms with Gasteiger partial charge in [-0.15, -0.1) is 0 Å². The van der Waals surface area contributed by atoms with Crippen LogP contribution < -0.4 is 5.32 Å². The lowest BCUT2D eigenvalue weighted by Gasteiger charge is -2.46. The largest absolute Gasteiger partial charge is 0.311 e. The van der Waals surface area contributed by atoms with Crippen molar-refractivity contribution in [3.8, 4) is 0 Å². The van der Waals surface area contributed by atoms with E-state index in [1.807, 2.05) is 0 Å². The van der Waals surface area contributed by atoms with Crippen molar-refractivity contribution in [1.82, 2.24) is 10.2 Å². The van der Waals surface area contributed by atoms with E-state index in [4.69, 9.17) is 0 Å². The highest BCUT2D eigenvalue weighted by molar-refractivity contribution is 4.94. The van der Waals surface area contributed by atoms with Gasteiger partial charge in [-0.1, -0.05) is 40.5 Å². The molecule has 106 valence electrons. The molecule has 0 aromatic heterocycles. The van der Waals surface area contributed by atoms with Crippen LogP contribution in [-0.2, 0) is 0 Å². The van der Waals surface area contributed by atoms with E-state index in [-0.39, 0.29) is 0 Å². The lowest BCUT2D eigenvalue weighted by atomic mass is 9.92. The molecule has 2 rings (SSSR count). The van der Waals surface area contributed by atoms with Crippen molar-refractivity contribution in [2.24, 2.45) is 11.8 Å². The van der Waals surface area contributed by atoms with Crippen molar-refractivity contribution < 1.29 is 0 Å². The highest BCUT2D eigenvalue weighted by Gasteiger charge is 2.37. The van der Waals surface area contributed by atoms with Crippen LogP contribution in [0.25, 0.3) is 0 Å². The second-order valence-corrected chi connectivity index (χ2v) is 6.63. The van der Waals surface area contributed by atoms with E-state index < -0.39 is 0 Å². The van der Waals surface area contributed by atoms with Crippen LogP contribution in [0.1, 0.15) is 59.8 Å². The van der Waals surface area contributed by atoms with Gasteiger partial charge in [-0.05, 0) is 31.1 Å². The van der Waals surface area contributed by atoms with Crippen LogP contribution in [0.3, 0.4) is 0 Å². The Kier molecular flexibility index (Phi) is 5.08. The molecule has 0 amide bonds. The zero-order chi connectivity index (χ0) is 13.1. The van der Waals surface area contributed by atoms with E-state index in [1.54, 1.807) is 0 Å². The molecule has 1 saturated heterocycles. The van der Waals surface area contributed by atoms with Gasteiger partial charge in [0.15, 0.2) is 0 Å². The molecule has 1 aliphatic carbocycles. The summed E-state index contributed by atoms with van der Waals surface area (Å²) < 4.78 is 0. The van der Waals surface area contributed by atoms with Crippen LogP contribution in [0.5, 0.6) is 0 Å². The third kappa shape index (κ3) is 2.91. The smallest absolute Gasteiger partial charge is 0.0221 e. The van der Waals surface area contributed by atoms with Gasteiger partial charge in [-0.25, -0.2) is 0 Å². The summed E-state index contributed by atoms with van der Waals surface area (Å²) >= 11 is 0. The summed E-state index contributed by atoms with van der Waals surface area (Å²) in [5.41, 5.74) is 0. The fraction of sp³-hybridized carbons (Fsp3) is 1.00. The van der Waals surface area contributed by atoms with Crippen molar-refractivity contribution in [3.63, 3.8) is 0 Å². The molecule has 1 aliphatic heterocycles. The van der Waals surface area contributed by atoms with Crippen LogP contribution in [0.2, 0.25) is 0 Å². The van der Waals surface area contributed by atoms with Crippen molar-refractivity contribution in [3.05, 3.63) is 0 Å². The lowest BCUT2D eigenvalue weighted by Crippen LogP contribution is -2.61. The quantitative estimate of drug-likeness (QED) is 0.826. The van der Waals surface area contributed by atoms with Gasteiger partial charge in [0.1, 0.15) is 0 Å². The molecule has 0 bridgehead atoms. The Morgan fingerprint density at radius 1 is 1.28 bits per heavy atom. The minimum Gasteiger partial charge on any atom is -0.311 e. The molecule has 2 fully saturated rings. The van der Waals surface area contributed by atoms with E-state index in [0.717, 1.165) is 23.9 Å². The first-order valence-corrected chi connectivity index (χ1v) is 8.16. The number of rotatable bonds is 4. The maximum absolute atomic E-state index is 3.80. The Morgan fingerprint density at radius 3 is 2.61 bits per heavy atom. The van der Waals surface area contributed by atoms with E-state index in [0.29, 0.717) is 6.04 Å². The standard InChI is InChI=1S/C16H32N2/c1-5-12(3)15-11-18(14(6-2)10-17-15)16-9-7-8-13(16)4/h12-17H,5-11H2,1-4H3. The van der Waals surface area contributed by atoms with Crippen molar-refractivity contribution >= 4 is 0 Å². The van der Waals surface area contributed by atoms with Gasteiger partial charge in [-0.3, -0.25) is 4.90 Å². The molecule has 0 aromatic carbocycles. The fourth-order valence-corrected chi connectivity index (χ4v) is 3.91. The van der Waals surface area contributed by atoms with Gasteiger partial charge >= 0.3 is 0 Å². The van der Waals surface area contributed by atoms with Crippen LogP contribution in [0, 0.1) is 11.8 Å². The zero-order valence-corrected chi connectivity index (χ0v) is 12.8. The molecule has 2 aliphatic rings. The average Bonchev–Trinajstić information content (AvgIpc) is 2.83. The van der Waals surface area contributed by atoms with E-state index in [9.17, 15) is 0 Å². The van der Waals surface area contributed by atoms with Gasteiger partial charge in [0, 0.05) is 31.2 Å². The SMILES string of the molecule is CCC(C)C1CN(C2CCCC2C)C(CC)CN1. The molecule has 0 spiro atoms. The third-order valence-corrected chi connectivity index (χ3v) is 5.54. The molecule has 1 saturated carbocycles. The first kappa shape index (κ1) is 14.3. The average molecular weight is 252 g/mol. The van der Waals surface area contributed by atoms with Gasteiger partial charge in [0.2, 0.25) is 0 Å². The highest BCUT2D eigenvalue weighted by Crippen LogP contribution is 2.33. The van der Waals surface area contributed by atoms with Crippen molar-refractivity contribution in [2.75, 3.05) is 13.1 Å². The first-order chi connectivity index (χ1) is 8.67. The lowest BCUT2D eigenvalue weighted by molar-refractivity contribution is 0.0506. The Labute approximate surface area is 114 Å². The third-order valence-electron chi connectivity index (χ3n) is 5.54. The maximum Gasteiger partial charge on any atom is 0.0221 e. The molecule has 18 heavy (non-hydrogen) atoms. The summed E-state index contributed by atoms with van der Waals surface area (Å²) in [4.78, 5) is 2.87. The second kappa shape index (κ2) is 6.38. The Balaban J connectivity index is 2.03. The molecule has 5 atom stereocenters. The van der Waals surface area contributed by atoms with Crippen molar-refractivity contribution in [2.45, 2.75) is 77.9 Å². The molecule has 0 aromatic rings. The molecular weight excluding hydrogens is 220 g/mol. The van der Waals surface area contributed by atoms with Gasteiger partial charge in [0.25, 0.3) is 0 Å². The summed E-state index contributed by atoms with van der Waals surface area (Å²) in [6, 6.07) is 2.35. The summed E-state index contributed by atoms with van der Waals surface area (Å²) in [6.07, 6.45) is 6.91. The van der Waals surface area contributed by atoms with Crippen molar-refractivity contribution in [1.29, 1.82) is 0 Å². The number of hydrogen-bond donors (Lipinski definition) is 1. The minimum atomic E-state index is 0.714. The monoisotopic (exact) mass is 252 g/mol. The Bertz CT molecular complexity index is 253. The number of piperazine rings is 1. The van der Waals surface area contributed by atoms with Crippen LogP contribution in [0.15, 0.2) is 0 Å². The van der Waals surface area contributed by atoms with Crippen LogP contribution in [0.4, 0.5) is 0 Å². The van der Waals surface area contributed by atoms with Gasteiger partial charge < -0.3 is 5.32 Å². The maximum atomic E-state index is 3.80. The van der Waals surface area contributed by atoms with E-state index in [2.05, 4.69) is 37.9 Å². The van der Waals surface area contributed by atoms with E-state index >= 15 is 0 Å². The highest BCUT2D eigenvalue weighted by atomic mass is 15.3. The summed E-state index contributed by atoms with van der Waals surface area (Å²) in [5.74, 6) is 1.72. The predicted molar refractivity (Wildman–Crippen MR) is 78.8 cm³/mol. The normalized spacial score (nSPS) is 40.0. The van der Waals surface area contributed by atoms with Gasteiger partial charge in [-0.2, -0.15) is 0 Å². The molecular formula is C16H32N2. The second-order valence-electron chi connectivity index (χ2n) is 6.63. The fourth-order valence-electron chi connectivity index (χ4n) is 3.91. The predicted octanol–water partition coefficient (Wildman–Crippen LogP) is 3.27. The molecule has 2 nitrogen and oxygen atoms in total. The minimum absolute atomic E-state index is 0.714. The van der Waals surface area contributed by atoms with Crippen LogP contribution in [-0.4, -0.2) is 36.1 Å². The Morgan fingerprint density at radius 2 is 2.06 bits per heavy atom. The summed E-state index contributed by atoms with van der Waals surface area (Å²) in [6.45, 7) is 12.0. The molecule has 5 unspecified atom stereocenters. The number of nitrogens with one attached hydrogen (secondary N) is 1. The topological polar surface area (TPSA) is 15.3 Å². The van der Waals surface area contributed by atoms with Gasteiger partial charge in [0.05, 0.1) is 0 Å². The summed E-state index contributed by atoms with van der Waals surface area (Å²) in [7, 11) is 0. The molecule has 1 heterocycles. The first-order valence-electron chi connectivity index (χ1n) is 8.16. The van der Waals surface area contributed by atoms with Crippen LogP contribution >= 0.6 is 0 Å². The zero-order valence-electron chi connectivity index (χ0n) is 12.8. The number of hydrogen-bond acceptors (Lipinski definition) is 2. The molecule has 2 heteroatoms. The molecule has 0 radical (unpaired) electrons.